The van der Waals surface area contributed by atoms with E-state index in [9.17, 15) is 8.42 Å². The molecule has 3 N–H and O–H groups in total. The van der Waals surface area contributed by atoms with Crippen LogP contribution in [0.1, 0.15) is 29.5 Å². The Morgan fingerprint density at radius 2 is 1.78 bits per heavy atom. The number of ether oxygens (including phenoxy) is 2. The molecule has 27 heavy (non-hydrogen) atoms. The number of sulfonamides is 1. The second-order valence-electron chi connectivity index (χ2n) is 6.92. The highest BCUT2D eigenvalue weighted by atomic mass is 32.2. The Hall–Kier alpha value is -2.51. The van der Waals surface area contributed by atoms with Gasteiger partial charge >= 0.3 is 0 Å². The lowest BCUT2D eigenvalue weighted by Crippen LogP contribution is -2.29. The van der Waals surface area contributed by atoms with Crippen molar-refractivity contribution in [3.05, 3.63) is 59.7 Å². The molecule has 0 aromatic heterocycles. The number of nitrogens with one attached hydrogen (secondary N) is 1. The summed E-state index contributed by atoms with van der Waals surface area (Å²) in [5.74, 6) is 1.88. The van der Waals surface area contributed by atoms with Gasteiger partial charge < -0.3 is 14.8 Å². The lowest BCUT2D eigenvalue weighted by molar-refractivity contribution is 0.386. The maximum atomic E-state index is 11.7. The quantitative estimate of drug-likeness (QED) is 0.788. The Balaban J connectivity index is 1.79. The van der Waals surface area contributed by atoms with Crippen LogP contribution in [0.4, 0.5) is 5.69 Å². The van der Waals surface area contributed by atoms with Crippen LogP contribution in [0.15, 0.2) is 53.4 Å². The maximum Gasteiger partial charge on any atom is 0.238 e. The summed E-state index contributed by atoms with van der Waals surface area (Å²) in [5, 5.41) is 8.89. The van der Waals surface area contributed by atoms with Gasteiger partial charge in [-0.2, -0.15) is 0 Å². The summed E-state index contributed by atoms with van der Waals surface area (Å²) in [6.07, 6.45) is 5.21. The molecule has 0 saturated heterocycles. The van der Waals surface area contributed by atoms with Crippen LogP contribution >= 0.6 is 0 Å². The minimum absolute atomic E-state index is 0.0573. The summed E-state index contributed by atoms with van der Waals surface area (Å²) in [4.78, 5) is 0.142. The number of nitrogens with two attached hydrogens (primary N) is 1. The predicted octanol–water partition coefficient (Wildman–Crippen LogP) is 3.18. The molecule has 0 radical (unpaired) electrons. The Morgan fingerprint density at radius 1 is 1.07 bits per heavy atom. The first-order valence-corrected chi connectivity index (χ1v) is 10.3. The number of methoxy groups -OCH3 is 2. The van der Waals surface area contributed by atoms with Crippen LogP contribution in [0.2, 0.25) is 0 Å². The Bertz CT molecular complexity index is 994. The Morgan fingerprint density at radius 3 is 2.41 bits per heavy atom. The van der Waals surface area contributed by atoms with Crippen LogP contribution in [0.3, 0.4) is 0 Å². The van der Waals surface area contributed by atoms with Crippen LogP contribution in [-0.4, -0.2) is 22.6 Å². The largest absolute Gasteiger partial charge is 0.497 e. The monoisotopic (exact) mass is 386 g/mol. The summed E-state index contributed by atoms with van der Waals surface area (Å²) < 4.78 is 34.3. The van der Waals surface area contributed by atoms with E-state index in [0.717, 1.165) is 34.7 Å². The molecule has 2 aromatic carbocycles. The molecule has 0 spiro atoms. The summed E-state index contributed by atoms with van der Waals surface area (Å²) in [6, 6.07) is 11.0. The van der Waals surface area contributed by atoms with E-state index in [1.807, 2.05) is 18.2 Å². The van der Waals surface area contributed by atoms with Crippen molar-refractivity contribution in [2.45, 2.75) is 23.3 Å². The molecule has 142 valence electrons. The molecule has 6 nitrogen and oxygen atoms in total. The number of hydrogen-bond donors (Lipinski definition) is 2. The van der Waals surface area contributed by atoms with E-state index in [1.54, 1.807) is 32.4 Å². The highest BCUT2D eigenvalue weighted by Crippen LogP contribution is 2.50. The van der Waals surface area contributed by atoms with Gasteiger partial charge in [0.2, 0.25) is 10.0 Å². The van der Waals surface area contributed by atoms with Crippen molar-refractivity contribution in [2.75, 3.05) is 19.5 Å². The first kappa shape index (κ1) is 17.9. The molecule has 0 amide bonds. The van der Waals surface area contributed by atoms with Gasteiger partial charge in [-0.3, -0.25) is 0 Å². The summed E-state index contributed by atoms with van der Waals surface area (Å²) >= 11 is 0. The fourth-order valence-electron chi connectivity index (χ4n) is 4.09. The molecular weight excluding hydrogens is 364 g/mol. The molecule has 0 saturated carbocycles. The molecule has 1 heterocycles. The Labute approximate surface area is 159 Å². The van der Waals surface area contributed by atoms with Crippen molar-refractivity contribution in [1.82, 2.24) is 0 Å². The van der Waals surface area contributed by atoms with Gasteiger partial charge in [0.25, 0.3) is 0 Å². The van der Waals surface area contributed by atoms with E-state index >= 15 is 0 Å². The van der Waals surface area contributed by atoms with Crippen LogP contribution < -0.4 is 19.9 Å². The van der Waals surface area contributed by atoms with E-state index in [-0.39, 0.29) is 22.8 Å². The third-order valence-corrected chi connectivity index (χ3v) is 6.31. The highest BCUT2D eigenvalue weighted by Gasteiger charge is 2.38. The third-order valence-electron chi connectivity index (χ3n) is 5.40. The first-order chi connectivity index (χ1) is 12.9. The second kappa shape index (κ2) is 6.58. The SMILES string of the molecule is COc1cc(OC)cc(C2Nc3ccc(S(N)(=O)=O)cc3C3C=CCC32)c1. The molecule has 1 aliphatic heterocycles. The van der Waals surface area contributed by atoms with Gasteiger partial charge in [0.15, 0.2) is 0 Å². The summed E-state index contributed by atoms with van der Waals surface area (Å²) in [7, 11) is -0.462. The predicted molar refractivity (Wildman–Crippen MR) is 104 cm³/mol. The Kier molecular flexibility index (Phi) is 4.36. The molecule has 3 atom stereocenters. The number of allylic oxidation sites excluding steroid dienone is 2. The minimum Gasteiger partial charge on any atom is -0.497 e. The van der Waals surface area contributed by atoms with E-state index < -0.39 is 10.0 Å². The van der Waals surface area contributed by atoms with Crippen molar-refractivity contribution < 1.29 is 17.9 Å². The first-order valence-electron chi connectivity index (χ1n) is 8.73. The zero-order chi connectivity index (χ0) is 19.2. The van der Waals surface area contributed by atoms with Gasteiger partial charge in [0.1, 0.15) is 11.5 Å². The van der Waals surface area contributed by atoms with Crippen molar-refractivity contribution in [3.8, 4) is 11.5 Å². The average Bonchev–Trinajstić information content (AvgIpc) is 3.15. The zero-order valence-corrected chi connectivity index (χ0v) is 16.0. The van der Waals surface area contributed by atoms with Gasteiger partial charge in [-0.25, -0.2) is 13.6 Å². The van der Waals surface area contributed by atoms with Crippen LogP contribution in [-0.2, 0) is 10.0 Å². The van der Waals surface area contributed by atoms with Crippen LogP contribution in [0.5, 0.6) is 11.5 Å². The lowest BCUT2D eigenvalue weighted by atomic mass is 9.77. The number of primary sulfonamides is 1. The van der Waals surface area contributed by atoms with Gasteiger partial charge in [0, 0.05) is 17.7 Å². The van der Waals surface area contributed by atoms with E-state index in [1.165, 1.54) is 0 Å². The maximum absolute atomic E-state index is 11.7. The van der Waals surface area contributed by atoms with E-state index in [2.05, 4.69) is 17.5 Å². The van der Waals surface area contributed by atoms with Crippen molar-refractivity contribution >= 4 is 15.7 Å². The fraction of sp³-hybridized carbons (Fsp3) is 0.300. The average molecular weight is 386 g/mol. The number of rotatable bonds is 4. The highest BCUT2D eigenvalue weighted by molar-refractivity contribution is 7.89. The second-order valence-corrected chi connectivity index (χ2v) is 8.48. The van der Waals surface area contributed by atoms with Gasteiger partial charge in [0.05, 0.1) is 25.2 Å². The van der Waals surface area contributed by atoms with Crippen molar-refractivity contribution in [1.29, 1.82) is 0 Å². The van der Waals surface area contributed by atoms with Gasteiger partial charge in [-0.05, 0) is 53.8 Å². The lowest BCUT2D eigenvalue weighted by Gasteiger charge is -2.37. The number of hydrogen-bond acceptors (Lipinski definition) is 5. The molecule has 0 fully saturated rings. The molecule has 0 bridgehead atoms. The third kappa shape index (κ3) is 3.17. The number of fused-ring (bicyclic) bond motifs is 3. The normalized spacial score (nSPS) is 23.3. The smallest absolute Gasteiger partial charge is 0.238 e. The van der Waals surface area contributed by atoms with Crippen molar-refractivity contribution in [2.24, 2.45) is 11.1 Å². The standard InChI is InChI=1S/C20H22N2O4S/c1-25-13-8-12(9-14(10-13)26-2)20-17-5-3-4-16(17)18-11-15(27(21,23)24)6-7-19(18)22-20/h3-4,6-11,16-17,20,22H,5H2,1-2H3,(H2,21,23,24). The topological polar surface area (TPSA) is 90.7 Å². The molecule has 4 rings (SSSR count). The van der Waals surface area contributed by atoms with Gasteiger partial charge in [-0.15, -0.1) is 0 Å². The minimum atomic E-state index is -3.73. The zero-order valence-electron chi connectivity index (χ0n) is 15.2. The van der Waals surface area contributed by atoms with E-state index in [0.29, 0.717) is 0 Å². The number of anilines is 1. The van der Waals surface area contributed by atoms with Crippen LogP contribution in [0, 0.1) is 5.92 Å². The molecule has 7 heteroatoms. The van der Waals surface area contributed by atoms with E-state index in [4.69, 9.17) is 14.6 Å². The van der Waals surface area contributed by atoms with Crippen LogP contribution in [0.25, 0.3) is 0 Å². The molecule has 2 aliphatic rings. The summed E-state index contributed by atoms with van der Waals surface area (Å²) in [5.41, 5.74) is 2.96. The molecule has 3 unspecified atom stereocenters. The molecule has 1 aliphatic carbocycles. The number of benzene rings is 2. The summed E-state index contributed by atoms with van der Waals surface area (Å²) in [6.45, 7) is 0. The van der Waals surface area contributed by atoms with Crippen molar-refractivity contribution in [3.63, 3.8) is 0 Å². The molecular formula is C20H22N2O4S. The fourth-order valence-corrected chi connectivity index (χ4v) is 4.64. The molecule has 2 aromatic rings. The van der Waals surface area contributed by atoms with Gasteiger partial charge in [-0.1, -0.05) is 12.2 Å².